The number of rotatable bonds is 12. The van der Waals surface area contributed by atoms with Crippen molar-refractivity contribution in [2.24, 2.45) is 5.92 Å². The van der Waals surface area contributed by atoms with E-state index in [0.717, 1.165) is 41.9 Å². The molecule has 2 rings (SSSR count). The second-order valence-corrected chi connectivity index (χ2v) is 8.43. The standard InChI is InChI=1S/C26H38O4/c1-6-20-16-22(8-10-24(20)29-14-12-27)26(5,18-19(3)4)23-9-11-25(30-15-13-28)21(7-2)17-23/h8-11,16-17,19,27-28H,6-7,12-15,18H2,1-5H3. The SMILES string of the molecule is CCc1cc(C(C)(CC(C)C)c2ccc(OCCO)c(CC)c2)ccc1OCCO. The first-order chi connectivity index (χ1) is 14.4. The van der Waals surface area contributed by atoms with E-state index in [-0.39, 0.29) is 18.6 Å². The Hall–Kier alpha value is -2.04. The normalized spacial score (nSPS) is 11.7. The van der Waals surface area contributed by atoms with Crippen LogP contribution < -0.4 is 9.47 Å². The van der Waals surface area contributed by atoms with Gasteiger partial charge in [-0.15, -0.1) is 0 Å². The largest absolute Gasteiger partial charge is 0.491 e. The van der Waals surface area contributed by atoms with Crippen molar-refractivity contribution in [3.05, 3.63) is 58.7 Å². The fraction of sp³-hybridized carbons (Fsp3) is 0.538. The molecule has 0 spiro atoms. The van der Waals surface area contributed by atoms with Crippen molar-refractivity contribution < 1.29 is 19.7 Å². The fourth-order valence-electron chi connectivity index (χ4n) is 4.21. The molecule has 0 atom stereocenters. The van der Waals surface area contributed by atoms with Gasteiger partial charge in [-0.25, -0.2) is 0 Å². The summed E-state index contributed by atoms with van der Waals surface area (Å²) in [4.78, 5) is 0. The number of aliphatic hydroxyl groups is 2. The molecule has 30 heavy (non-hydrogen) atoms. The van der Waals surface area contributed by atoms with Gasteiger partial charge >= 0.3 is 0 Å². The van der Waals surface area contributed by atoms with Crippen LogP contribution in [0.4, 0.5) is 0 Å². The van der Waals surface area contributed by atoms with Crippen LogP contribution in [0.3, 0.4) is 0 Å². The highest BCUT2D eigenvalue weighted by molar-refractivity contribution is 5.48. The van der Waals surface area contributed by atoms with Gasteiger partial charge in [0, 0.05) is 5.41 Å². The van der Waals surface area contributed by atoms with Gasteiger partial charge in [0.15, 0.2) is 0 Å². The Bertz CT molecular complexity index is 738. The van der Waals surface area contributed by atoms with Gasteiger partial charge < -0.3 is 19.7 Å². The Morgan fingerprint density at radius 1 is 0.800 bits per heavy atom. The zero-order valence-corrected chi connectivity index (χ0v) is 19.2. The predicted octanol–water partition coefficient (Wildman–Crippen LogP) is 4.91. The van der Waals surface area contributed by atoms with Gasteiger partial charge in [0.05, 0.1) is 13.2 Å². The van der Waals surface area contributed by atoms with Crippen LogP contribution in [0, 0.1) is 5.92 Å². The summed E-state index contributed by atoms with van der Waals surface area (Å²) >= 11 is 0. The van der Waals surface area contributed by atoms with Crippen LogP contribution in [-0.2, 0) is 18.3 Å². The molecule has 2 aromatic rings. The van der Waals surface area contributed by atoms with Gasteiger partial charge in [-0.2, -0.15) is 0 Å². The maximum atomic E-state index is 9.10. The predicted molar refractivity (Wildman–Crippen MR) is 123 cm³/mol. The number of ether oxygens (including phenoxy) is 2. The average Bonchev–Trinajstić information content (AvgIpc) is 2.75. The first-order valence-corrected chi connectivity index (χ1v) is 11.1. The maximum Gasteiger partial charge on any atom is 0.122 e. The van der Waals surface area contributed by atoms with Crippen molar-refractivity contribution in [2.45, 2.75) is 59.3 Å². The third-order valence-electron chi connectivity index (χ3n) is 5.67. The molecule has 4 nitrogen and oxygen atoms in total. The molecule has 0 saturated heterocycles. The van der Waals surface area contributed by atoms with Gasteiger partial charge in [-0.1, -0.05) is 58.9 Å². The van der Waals surface area contributed by atoms with E-state index in [1.807, 2.05) is 12.1 Å². The molecule has 2 aromatic carbocycles. The highest BCUT2D eigenvalue weighted by Crippen LogP contribution is 2.41. The lowest BCUT2D eigenvalue weighted by Gasteiger charge is -2.34. The zero-order valence-electron chi connectivity index (χ0n) is 19.2. The van der Waals surface area contributed by atoms with Crippen LogP contribution in [-0.4, -0.2) is 36.6 Å². The zero-order chi connectivity index (χ0) is 22.1. The van der Waals surface area contributed by atoms with Crippen molar-refractivity contribution in [1.82, 2.24) is 0 Å². The summed E-state index contributed by atoms with van der Waals surface area (Å²) in [6.45, 7) is 11.8. The van der Waals surface area contributed by atoms with Crippen LogP contribution in [0.2, 0.25) is 0 Å². The minimum Gasteiger partial charge on any atom is -0.491 e. The van der Waals surface area contributed by atoms with E-state index in [0.29, 0.717) is 19.1 Å². The van der Waals surface area contributed by atoms with Crippen LogP contribution in [0.1, 0.15) is 63.3 Å². The Balaban J connectivity index is 2.52. The van der Waals surface area contributed by atoms with Gasteiger partial charge in [0.25, 0.3) is 0 Å². The molecule has 4 heteroatoms. The van der Waals surface area contributed by atoms with Crippen LogP contribution in [0.15, 0.2) is 36.4 Å². The molecule has 0 aliphatic rings. The average molecular weight is 415 g/mol. The summed E-state index contributed by atoms with van der Waals surface area (Å²) in [5.74, 6) is 2.23. The van der Waals surface area contributed by atoms with Crippen LogP contribution >= 0.6 is 0 Å². The lowest BCUT2D eigenvalue weighted by atomic mass is 9.70. The third kappa shape index (κ3) is 5.77. The molecule has 0 heterocycles. The van der Waals surface area contributed by atoms with Gasteiger partial charge in [-0.3, -0.25) is 0 Å². The summed E-state index contributed by atoms with van der Waals surface area (Å²) in [5.41, 5.74) is 4.72. The Morgan fingerprint density at radius 2 is 1.23 bits per heavy atom. The Morgan fingerprint density at radius 3 is 1.57 bits per heavy atom. The van der Waals surface area contributed by atoms with Crippen molar-refractivity contribution in [1.29, 1.82) is 0 Å². The summed E-state index contributed by atoms with van der Waals surface area (Å²) < 4.78 is 11.5. The van der Waals surface area contributed by atoms with E-state index in [1.165, 1.54) is 11.1 Å². The van der Waals surface area contributed by atoms with Gasteiger partial charge in [0.2, 0.25) is 0 Å². The molecule has 0 radical (unpaired) electrons. The first-order valence-electron chi connectivity index (χ1n) is 11.1. The summed E-state index contributed by atoms with van der Waals surface area (Å²) in [6, 6.07) is 12.9. The molecule has 0 aliphatic heterocycles. The van der Waals surface area contributed by atoms with Crippen molar-refractivity contribution >= 4 is 0 Å². The molecular weight excluding hydrogens is 376 g/mol. The van der Waals surface area contributed by atoms with Gasteiger partial charge in [0.1, 0.15) is 24.7 Å². The van der Waals surface area contributed by atoms with E-state index in [1.54, 1.807) is 0 Å². The van der Waals surface area contributed by atoms with Crippen molar-refractivity contribution in [3.63, 3.8) is 0 Å². The summed E-state index contributed by atoms with van der Waals surface area (Å²) in [5, 5.41) is 18.2. The highest BCUT2D eigenvalue weighted by Gasteiger charge is 2.31. The van der Waals surface area contributed by atoms with Crippen LogP contribution in [0.25, 0.3) is 0 Å². The molecule has 0 aliphatic carbocycles. The molecular formula is C26H38O4. The monoisotopic (exact) mass is 414 g/mol. The lowest BCUT2D eigenvalue weighted by molar-refractivity contribution is 0.200. The second kappa shape index (κ2) is 11.4. The van der Waals surface area contributed by atoms with E-state index < -0.39 is 0 Å². The molecule has 0 unspecified atom stereocenters. The number of aryl methyl sites for hydroxylation is 2. The molecule has 0 fully saturated rings. The minimum absolute atomic E-state index is 0.0144. The van der Waals surface area contributed by atoms with Gasteiger partial charge in [-0.05, 0) is 59.6 Å². The van der Waals surface area contributed by atoms with E-state index in [9.17, 15) is 0 Å². The molecule has 2 N–H and O–H groups in total. The van der Waals surface area contributed by atoms with Crippen LogP contribution in [0.5, 0.6) is 11.5 Å². The summed E-state index contributed by atoms with van der Waals surface area (Å²) in [6.07, 6.45) is 2.77. The molecule has 0 aromatic heterocycles. The quantitative estimate of drug-likeness (QED) is 0.518. The second-order valence-electron chi connectivity index (χ2n) is 8.43. The molecule has 166 valence electrons. The maximum absolute atomic E-state index is 9.10. The highest BCUT2D eigenvalue weighted by atomic mass is 16.5. The summed E-state index contributed by atoms with van der Waals surface area (Å²) in [7, 11) is 0. The number of hydrogen-bond acceptors (Lipinski definition) is 4. The van der Waals surface area contributed by atoms with E-state index in [4.69, 9.17) is 19.7 Å². The van der Waals surface area contributed by atoms with E-state index in [2.05, 4.69) is 58.9 Å². The van der Waals surface area contributed by atoms with E-state index >= 15 is 0 Å². The Labute approximate surface area is 181 Å². The number of aliphatic hydroxyl groups excluding tert-OH is 2. The van der Waals surface area contributed by atoms with Crippen molar-refractivity contribution in [3.8, 4) is 11.5 Å². The minimum atomic E-state index is -0.146. The lowest BCUT2D eigenvalue weighted by Crippen LogP contribution is -2.26. The first kappa shape index (κ1) is 24.2. The molecule has 0 saturated carbocycles. The third-order valence-corrected chi connectivity index (χ3v) is 5.67. The smallest absolute Gasteiger partial charge is 0.122 e. The number of benzene rings is 2. The fourth-order valence-corrected chi connectivity index (χ4v) is 4.21. The Kier molecular flexibility index (Phi) is 9.19. The molecule has 0 bridgehead atoms. The number of hydrogen-bond donors (Lipinski definition) is 2. The topological polar surface area (TPSA) is 58.9 Å². The van der Waals surface area contributed by atoms with Crippen molar-refractivity contribution in [2.75, 3.05) is 26.4 Å². The molecule has 0 amide bonds.